The van der Waals surface area contributed by atoms with Crippen molar-refractivity contribution in [2.45, 2.75) is 6.36 Å². The highest BCUT2D eigenvalue weighted by Gasteiger charge is 2.31. The molecule has 0 saturated carbocycles. The highest BCUT2D eigenvalue weighted by Crippen LogP contribution is 2.29. The molecule has 0 unspecified atom stereocenters. The van der Waals surface area contributed by atoms with Crippen molar-refractivity contribution in [3.05, 3.63) is 53.8 Å². The summed E-state index contributed by atoms with van der Waals surface area (Å²) < 4.78 is 53.8. The predicted molar refractivity (Wildman–Crippen MR) is 63.9 cm³/mol. The van der Waals surface area contributed by atoms with Crippen LogP contribution >= 0.6 is 0 Å². The van der Waals surface area contributed by atoms with Crippen molar-refractivity contribution in [1.82, 2.24) is 0 Å². The summed E-state index contributed by atoms with van der Waals surface area (Å²) >= 11 is 0. The summed E-state index contributed by atoms with van der Waals surface area (Å²) in [7, 11) is 0. The molecule has 0 fully saturated rings. The molecule has 0 spiro atoms. The molecule has 0 aliphatic rings. The maximum atomic E-state index is 13.7. The third-order valence-electron chi connectivity index (χ3n) is 2.51. The largest absolute Gasteiger partial charge is 0.573 e. The van der Waals surface area contributed by atoms with E-state index in [1.807, 2.05) is 0 Å². The van der Waals surface area contributed by atoms with Crippen LogP contribution in [0.4, 0.5) is 17.6 Å². The molecule has 0 N–H and O–H groups in total. The zero-order chi connectivity index (χ0) is 14.8. The lowest BCUT2D eigenvalue weighted by Crippen LogP contribution is -2.17. The van der Waals surface area contributed by atoms with Gasteiger partial charge in [-0.25, -0.2) is 4.39 Å². The molecule has 0 bridgehead atoms. The topological polar surface area (TPSA) is 26.3 Å². The molecule has 0 aliphatic carbocycles. The number of halogens is 4. The van der Waals surface area contributed by atoms with Crippen molar-refractivity contribution in [2.75, 3.05) is 0 Å². The molecular weight excluding hydrogens is 276 g/mol. The lowest BCUT2D eigenvalue weighted by atomic mass is 10.0. The Hall–Kier alpha value is -2.37. The molecule has 6 heteroatoms. The minimum Gasteiger partial charge on any atom is -0.406 e. The van der Waals surface area contributed by atoms with Crippen LogP contribution in [0, 0.1) is 5.82 Å². The lowest BCUT2D eigenvalue weighted by Gasteiger charge is -2.10. The average molecular weight is 284 g/mol. The third-order valence-corrected chi connectivity index (χ3v) is 2.51. The molecule has 0 amide bonds. The Morgan fingerprint density at radius 2 is 1.80 bits per heavy atom. The summed E-state index contributed by atoms with van der Waals surface area (Å²) in [4.78, 5) is 10.7. The molecule has 2 nitrogen and oxygen atoms in total. The van der Waals surface area contributed by atoms with Gasteiger partial charge in [-0.05, 0) is 35.9 Å². The van der Waals surface area contributed by atoms with Crippen LogP contribution in [0.3, 0.4) is 0 Å². The molecule has 2 rings (SSSR count). The maximum absolute atomic E-state index is 13.7. The average Bonchev–Trinajstić information content (AvgIpc) is 2.37. The third kappa shape index (κ3) is 3.34. The number of hydrogen-bond acceptors (Lipinski definition) is 2. The molecule has 20 heavy (non-hydrogen) atoms. The fourth-order valence-corrected chi connectivity index (χ4v) is 1.70. The smallest absolute Gasteiger partial charge is 0.406 e. The number of alkyl halides is 3. The Balaban J connectivity index is 2.43. The zero-order valence-corrected chi connectivity index (χ0v) is 9.95. The molecule has 0 aliphatic heterocycles. The van der Waals surface area contributed by atoms with Gasteiger partial charge in [-0.1, -0.05) is 12.1 Å². The number of hydrogen-bond donors (Lipinski definition) is 0. The van der Waals surface area contributed by atoms with E-state index in [1.165, 1.54) is 24.3 Å². The Bertz CT molecular complexity index is 635. The minimum absolute atomic E-state index is 0.0298. The maximum Gasteiger partial charge on any atom is 0.573 e. The predicted octanol–water partition coefficient (Wildman–Crippen LogP) is 4.20. The van der Waals surface area contributed by atoms with Crippen molar-refractivity contribution < 1.29 is 27.1 Å². The van der Waals surface area contributed by atoms with Gasteiger partial charge in [-0.15, -0.1) is 13.2 Å². The van der Waals surface area contributed by atoms with Crippen molar-refractivity contribution in [3.8, 4) is 16.9 Å². The first kappa shape index (κ1) is 14.0. The lowest BCUT2D eigenvalue weighted by molar-refractivity contribution is -0.274. The van der Waals surface area contributed by atoms with E-state index in [0.29, 0.717) is 6.29 Å². The number of benzene rings is 2. The van der Waals surface area contributed by atoms with Crippen LogP contribution in [0.1, 0.15) is 10.4 Å². The Morgan fingerprint density at radius 3 is 2.45 bits per heavy atom. The van der Waals surface area contributed by atoms with E-state index >= 15 is 0 Å². The van der Waals surface area contributed by atoms with Crippen molar-refractivity contribution in [2.24, 2.45) is 0 Å². The molecular formula is C14H8F4O2. The monoisotopic (exact) mass is 284 g/mol. The Morgan fingerprint density at radius 1 is 1.05 bits per heavy atom. The number of rotatable bonds is 3. The van der Waals surface area contributed by atoms with E-state index in [0.717, 1.165) is 18.2 Å². The molecule has 2 aromatic rings. The van der Waals surface area contributed by atoms with Crippen LogP contribution in [-0.2, 0) is 0 Å². The van der Waals surface area contributed by atoms with Gasteiger partial charge in [-0.3, -0.25) is 4.79 Å². The molecule has 2 aromatic carbocycles. The summed E-state index contributed by atoms with van der Waals surface area (Å²) in [5.74, 6) is -1.09. The first-order valence-electron chi connectivity index (χ1n) is 5.50. The normalized spacial score (nSPS) is 11.2. The van der Waals surface area contributed by atoms with Crippen LogP contribution in [0.2, 0.25) is 0 Å². The second-order valence-electron chi connectivity index (χ2n) is 3.93. The molecule has 104 valence electrons. The number of aldehydes is 1. The fourth-order valence-electron chi connectivity index (χ4n) is 1.70. The Kier molecular flexibility index (Phi) is 3.74. The molecule has 0 saturated heterocycles. The van der Waals surface area contributed by atoms with E-state index < -0.39 is 17.9 Å². The van der Waals surface area contributed by atoms with Gasteiger partial charge in [0.2, 0.25) is 0 Å². The number of carbonyl (C=O) groups is 1. The van der Waals surface area contributed by atoms with Gasteiger partial charge in [0.1, 0.15) is 17.9 Å². The van der Waals surface area contributed by atoms with Gasteiger partial charge in [0.05, 0.1) is 0 Å². The standard InChI is InChI=1S/C14H8F4O2/c15-13-5-4-9(8-19)6-12(13)10-2-1-3-11(7-10)20-14(16,17)18/h1-8H. The van der Waals surface area contributed by atoms with Gasteiger partial charge in [0, 0.05) is 11.1 Å². The SMILES string of the molecule is O=Cc1ccc(F)c(-c2cccc(OC(F)(F)F)c2)c1. The molecule has 0 heterocycles. The van der Waals surface area contributed by atoms with Gasteiger partial charge in [-0.2, -0.15) is 0 Å². The summed E-state index contributed by atoms with van der Waals surface area (Å²) in [5.41, 5.74) is 0.443. The zero-order valence-electron chi connectivity index (χ0n) is 9.95. The van der Waals surface area contributed by atoms with E-state index in [2.05, 4.69) is 4.74 Å². The van der Waals surface area contributed by atoms with E-state index in [1.54, 1.807) is 0 Å². The number of carbonyl (C=O) groups excluding carboxylic acids is 1. The van der Waals surface area contributed by atoms with Crippen LogP contribution < -0.4 is 4.74 Å². The molecule has 0 atom stereocenters. The van der Waals surface area contributed by atoms with Crippen molar-refractivity contribution in [1.29, 1.82) is 0 Å². The van der Waals surface area contributed by atoms with Gasteiger partial charge < -0.3 is 4.74 Å². The van der Waals surface area contributed by atoms with Gasteiger partial charge in [0.15, 0.2) is 0 Å². The molecule has 0 radical (unpaired) electrons. The summed E-state index contributed by atoms with van der Waals surface area (Å²) in [6, 6.07) is 8.52. The quantitative estimate of drug-likeness (QED) is 0.623. The minimum atomic E-state index is -4.82. The number of ether oxygens (including phenoxy) is 1. The fraction of sp³-hybridized carbons (Fsp3) is 0.0714. The van der Waals surface area contributed by atoms with Crippen molar-refractivity contribution in [3.63, 3.8) is 0 Å². The first-order chi connectivity index (χ1) is 9.39. The molecule has 0 aromatic heterocycles. The van der Waals surface area contributed by atoms with Crippen LogP contribution in [-0.4, -0.2) is 12.6 Å². The second kappa shape index (κ2) is 5.32. The van der Waals surface area contributed by atoms with Crippen molar-refractivity contribution >= 4 is 6.29 Å². The highest BCUT2D eigenvalue weighted by molar-refractivity contribution is 5.79. The van der Waals surface area contributed by atoms with E-state index in [9.17, 15) is 22.4 Å². The van der Waals surface area contributed by atoms with E-state index in [-0.39, 0.29) is 16.7 Å². The second-order valence-corrected chi connectivity index (χ2v) is 3.93. The Labute approximate surface area is 111 Å². The summed E-state index contributed by atoms with van der Waals surface area (Å²) in [5, 5.41) is 0. The van der Waals surface area contributed by atoms with Gasteiger partial charge >= 0.3 is 6.36 Å². The van der Waals surface area contributed by atoms with Gasteiger partial charge in [0.25, 0.3) is 0 Å². The van der Waals surface area contributed by atoms with Crippen LogP contribution in [0.15, 0.2) is 42.5 Å². The van der Waals surface area contributed by atoms with Crippen LogP contribution in [0.5, 0.6) is 5.75 Å². The summed E-state index contributed by atoms with van der Waals surface area (Å²) in [6.07, 6.45) is -4.29. The van der Waals surface area contributed by atoms with Crippen LogP contribution in [0.25, 0.3) is 11.1 Å². The highest BCUT2D eigenvalue weighted by atomic mass is 19.4. The first-order valence-corrected chi connectivity index (χ1v) is 5.50. The summed E-state index contributed by atoms with van der Waals surface area (Å²) in [6.45, 7) is 0. The van der Waals surface area contributed by atoms with E-state index in [4.69, 9.17) is 0 Å².